The average Bonchev–Trinajstić information content (AvgIpc) is 2.41. The van der Waals surface area contributed by atoms with Gasteiger partial charge in [0.2, 0.25) is 0 Å². The van der Waals surface area contributed by atoms with Crippen LogP contribution in [0, 0.1) is 5.92 Å². The van der Waals surface area contributed by atoms with Crippen molar-refractivity contribution in [2.24, 2.45) is 5.92 Å². The van der Waals surface area contributed by atoms with Crippen molar-refractivity contribution in [1.29, 1.82) is 0 Å². The lowest BCUT2D eigenvalue weighted by Crippen LogP contribution is -2.18. The van der Waals surface area contributed by atoms with Gasteiger partial charge >= 0.3 is 0 Å². The Hall–Kier alpha value is -1.96. The average molecular weight is 268 g/mol. The molecule has 0 unspecified atom stereocenters. The predicted octanol–water partition coefficient (Wildman–Crippen LogP) is 5.28. The lowest BCUT2D eigenvalue weighted by Gasteiger charge is -2.20. The van der Waals surface area contributed by atoms with Crippen LogP contribution >= 0.6 is 0 Å². The van der Waals surface area contributed by atoms with Crippen LogP contribution in [0.4, 0.5) is 17.1 Å². The minimum atomic E-state index is 0.466. The third kappa shape index (κ3) is 4.30. The number of nitrogens with one attached hydrogen (secondary N) is 2. The van der Waals surface area contributed by atoms with Gasteiger partial charge in [0.1, 0.15) is 0 Å². The molecule has 0 bridgehead atoms. The molecule has 2 rings (SSSR count). The highest BCUT2D eigenvalue weighted by atomic mass is 15.0. The Morgan fingerprint density at radius 1 is 0.800 bits per heavy atom. The van der Waals surface area contributed by atoms with E-state index in [1.165, 1.54) is 6.42 Å². The first kappa shape index (κ1) is 14.4. The van der Waals surface area contributed by atoms with Crippen LogP contribution in [0.3, 0.4) is 0 Å². The van der Waals surface area contributed by atoms with Gasteiger partial charge < -0.3 is 10.6 Å². The molecule has 2 N–H and O–H groups in total. The van der Waals surface area contributed by atoms with E-state index < -0.39 is 0 Å². The number of hydrogen-bond donors (Lipinski definition) is 2. The van der Waals surface area contributed by atoms with E-state index in [-0.39, 0.29) is 0 Å². The SMILES string of the molecule is CC(C)C[C@H](C)Nc1ccccc1Nc1ccccc1. The number of rotatable bonds is 6. The van der Waals surface area contributed by atoms with Gasteiger partial charge in [-0.25, -0.2) is 0 Å². The summed E-state index contributed by atoms with van der Waals surface area (Å²) in [5, 5.41) is 7.07. The lowest BCUT2D eigenvalue weighted by atomic mass is 10.0. The molecule has 0 aliphatic rings. The Morgan fingerprint density at radius 2 is 1.40 bits per heavy atom. The van der Waals surface area contributed by atoms with Gasteiger partial charge in [0.25, 0.3) is 0 Å². The Morgan fingerprint density at radius 3 is 2.05 bits per heavy atom. The summed E-state index contributed by atoms with van der Waals surface area (Å²) in [4.78, 5) is 0. The van der Waals surface area contributed by atoms with E-state index in [1.54, 1.807) is 0 Å². The van der Waals surface area contributed by atoms with Crippen molar-refractivity contribution in [2.45, 2.75) is 33.2 Å². The van der Waals surface area contributed by atoms with Crippen LogP contribution in [-0.2, 0) is 0 Å². The molecule has 0 saturated carbocycles. The van der Waals surface area contributed by atoms with Crippen molar-refractivity contribution in [3.63, 3.8) is 0 Å². The number of benzene rings is 2. The molecule has 0 radical (unpaired) electrons. The molecule has 2 nitrogen and oxygen atoms in total. The molecule has 2 heteroatoms. The molecule has 1 atom stereocenters. The minimum Gasteiger partial charge on any atom is -0.381 e. The van der Waals surface area contributed by atoms with Crippen LogP contribution in [0.5, 0.6) is 0 Å². The minimum absolute atomic E-state index is 0.466. The zero-order valence-corrected chi connectivity index (χ0v) is 12.6. The summed E-state index contributed by atoms with van der Waals surface area (Å²) in [6.45, 7) is 6.75. The van der Waals surface area contributed by atoms with Crippen molar-refractivity contribution in [1.82, 2.24) is 0 Å². The van der Waals surface area contributed by atoms with Crippen LogP contribution in [0.15, 0.2) is 54.6 Å². The second kappa shape index (κ2) is 6.99. The summed E-state index contributed by atoms with van der Waals surface area (Å²) in [5.74, 6) is 0.701. The van der Waals surface area contributed by atoms with Crippen molar-refractivity contribution in [3.8, 4) is 0 Å². The van der Waals surface area contributed by atoms with Crippen LogP contribution in [0.1, 0.15) is 27.2 Å². The molecule has 0 fully saturated rings. The fourth-order valence-corrected chi connectivity index (χ4v) is 2.43. The van der Waals surface area contributed by atoms with Gasteiger partial charge in [-0.15, -0.1) is 0 Å². The Balaban J connectivity index is 2.10. The molecule has 0 heterocycles. The highest BCUT2D eigenvalue weighted by Gasteiger charge is 2.07. The quantitative estimate of drug-likeness (QED) is 0.745. The van der Waals surface area contributed by atoms with Gasteiger partial charge in [-0.3, -0.25) is 0 Å². The smallest absolute Gasteiger partial charge is 0.0620 e. The summed E-state index contributed by atoms with van der Waals surface area (Å²) in [6.07, 6.45) is 1.17. The van der Waals surface area contributed by atoms with E-state index in [2.05, 4.69) is 67.8 Å². The third-order valence-corrected chi connectivity index (χ3v) is 3.21. The molecule has 20 heavy (non-hydrogen) atoms. The Bertz CT molecular complexity index is 520. The zero-order chi connectivity index (χ0) is 14.4. The van der Waals surface area contributed by atoms with Gasteiger partial charge in [0, 0.05) is 11.7 Å². The molecule has 0 aliphatic carbocycles. The third-order valence-electron chi connectivity index (χ3n) is 3.21. The van der Waals surface area contributed by atoms with Crippen LogP contribution < -0.4 is 10.6 Å². The molecule has 0 saturated heterocycles. The zero-order valence-electron chi connectivity index (χ0n) is 12.6. The lowest BCUT2D eigenvalue weighted by molar-refractivity contribution is 0.540. The van der Waals surface area contributed by atoms with Crippen molar-refractivity contribution in [3.05, 3.63) is 54.6 Å². The molecule has 0 aliphatic heterocycles. The first-order valence-corrected chi connectivity index (χ1v) is 7.33. The van der Waals surface area contributed by atoms with E-state index in [1.807, 2.05) is 18.2 Å². The van der Waals surface area contributed by atoms with Gasteiger partial charge in [-0.05, 0) is 43.5 Å². The first-order chi connectivity index (χ1) is 9.65. The molecular weight excluding hydrogens is 244 g/mol. The van der Waals surface area contributed by atoms with E-state index in [9.17, 15) is 0 Å². The maximum absolute atomic E-state index is 3.60. The Labute approximate surface area is 122 Å². The van der Waals surface area contributed by atoms with Gasteiger partial charge in [-0.2, -0.15) is 0 Å². The predicted molar refractivity (Wildman–Crippen MR) is 88.7 cm³/mol. The molecule has 106 valence electrons. The number of para-hydroxylation sites is 3. The standard InChI is InChI=1S/C18H24N2/c1-14(2)13-15(3)19-17-11-7-8-12-18(17)20-16-9-5-4-6-10-16/h4-12,14-15,19-20H,13H2,1-3H3/t15-/m0/s1. The van der Waals surface area contributed by atoms with Crippen molar-refractivity contribution < 1.29 is 0 Å². The van der Waals surface area contributed by atoms with Crippen LogP contribution in [0.2, 0.25) is 0 Å². The monoisotopic (exact) mass is 268 g/mol. The van der Waals surface area contributed by atoms with Crippen molar-refractivity contribution in [2.75, 3.05) is 10.6 Å². The summed E-state index contributed by atoms with van der Waals surface area (Å²) in [7, 11) is 0. The van der Waals surface area contributed by atoms with Gasteiger partial charge in [0.15, 0.2) is 0 Å². The number of anilines is 3. The fourth-order valence-electron chi connectivity index (χ4n) is 2.43. The molecule has 0 spiro atoms. The van der Waals surface area contributed by atoms with Crippen molar-refractivity contribution >= 4 is 17.1 Å². The molecule has 0 aromatic heterocycles. The number of hydrogen-bond acceptors (Lipinski definition) is 2. The maximum atomic E-state index is 3.60. The Kier molecular flexibility index (Phi) is 5.05. The van der Waals surface area contributed by atoms with E-state index >= 15 is 0 Å². The van der Waals surface area contributed by atoms with Gasteiger partial charge in [-0.1, -0.05) is 44.2 Å². The first-order valence-electron chi connectivity index (χ1n) is 7.33. The fraction of sp³-hybridized carbons (Fsp3) is 0.333. The normalized spacial score (nSPS) is 12.2. The van der Waals surface area contributed by atoms with E-state index in [0.29, 0.717) is 12.0 Å². The summed E-state index contributed by atoms with van der Waals surface area (Å²) in [5.41, 5.74) is 3.39. The topological polar surface area (TPSA) is 24.1 Å². The molecule has 0 amide bonds. The summed E-state index contributed by atoms with van der Waals surface area (Å²) in [6, 6.07) is 19.1. The highest BCUT2D eigenvalue weighted by molar-refractivity contribution is 5.74. The maximum Gasteiger partial charge on any atom is 0.0620 e. The van der Waals surface area contributed by atoms with E-state index in [4.69, 9.17) is 0 Å². The molecular formula is C18H24N2. The summed E-state index contributed by atoms with van der Waals surface area (Å²) < 4.78 is 0. The van der Waals surface area contributed by atoms with Crippen LogP contribution in [-0.4, -0.2) is 6.04 Å². The molecule has 2 aromatic carbocycles. The van der Waals surface area contributed by atoms with E-state index in [0.717, 1.165) is 17.1 Å². The highest BCUT2D eigenvalue weighted by Crippen LogP contribution is 2.26. The largest absolute Gasteiger partial charge is 0.381 e. The second-order valence-corrected chi connectivity index (χ2v) is 5.71. The van der Waals surface area contributed by atoms with Gasteiger partial charge in [0.05, 0.1) is 11.4 Å². The molecule has 2 aromatic rings. The van der Waals surface area contributed by atoms with Crippen LogP contribution in [0.25, 0.3) is 0 Å². The summed E-state index contributed by atoms with van der Waals surface area (Å²) >= 11 is 0. The second-order valence-electron chi connectivity index (χ2n) is 5.71.